The van der Waals surface area contributed by atoms with Crippen LogP contribution in [0.3, 0.4) is 0 Å². The quantitative estimate of drug-likeness (QED) is 0.251. The number of amides is 3. The highest BCUT2D eigenvalue weighted by Crippen LogP contribution is 2.42. The van der Waals surface area contributed by atoms with Crippen molar-refractivity contribution in [3.63, 3.8) is 0 Å². The van der Waals surface area contributed by atoms with Gasteiger partial charge in [0.05, 0.1) is 0 Å². The van der Waals surface area contributed by atoms with Gasteiger partial charge in [-0.15, -0.1) is 0 Å². The number of ether oxygens (including phenoxy) is 2. The van der Waals surface area contributed by atoms with Crippen LogP contribution >= 0.6 is 0 Å². The van der Waals surface area contributed by atoms with E-state index >= 15 is 0 Å². The number of carbonyl (C=O) groups excluding carboxylic acids is 4. The van der Waals surface area contributed by atoms with Gasteiger partial charge in [-0.3, -0.25) is 9.59 Å². The van der Waals surface area contributed by atoms with Gasteiger partial charge < -0.3 is 25.0 Å². The molecule has 0 saturated heterocycles. The van der Waals surface area contributed by atoms with Gasteiger partial charge in [0.1, 0.15) is 29.3 Å². The number of aryl methyl sites for hydroxylation is 2. The summed E-state index contributed by atoms with van der Waals surface area (Å²) in [6.45, 7) is 20.4. The van der Waals surface area contributed by atoms with Crippen molar-refractivity contribution in [2.75, 3.05) is 0 Å². The Morgan fingerprint density at radius 1 is 0.915 bits per heavy atom. The van der Waals surface area contributed by atoms with Crippen LogP contribution in [-0.4, -0.2) is 58.1 Å². The molecular weight excluding hydrogens is 594 g/mol. The summed E-state index contributed by atoms with van der Waals surface area (Å²) in [5.41, 5.74) is 1.75. The molecule has 1 fully saturated rings. The molecule has 0 spiro atoms. The molecule has 3 rings (SSSR count). The molecule has 1 saturated carbocycles. The van der Waals surface area contributed by atoms with Crippen molar-refractivity contribution in [1.82, 2.24) is 15.5 Å². The average molecular weight is 650 g/mol. The zero-order valence-corrected chi connectivity index (χ0v) is 30.1. The highest BCUT2D eigenvalue weighted by atomic mass is 16.6. The zero-order valence-electron chi connectivity index (χ0n) is 30.1. The van der Waals surface area contributed by atoms with Crippen molar-refractivity contribution < 1.29 is 28.7 Å². The van der Waals surface area contributed by atoms with E-state index in [1.807, 2.05) is 83.1 Å². The minimum Gasteiger partial charge on any atom is -0.458 e. The molecule has 1 aliphatic carbocycles. The summed E-state index contributed by atoms with van der Waals surface area (Å²) in [5, 5.41) is 5.83. The first-order valence-electron chi connectivity index (χ1n) is 16.8. The first kappa shape index (κ1) is 37.6. The smallest absolute Gasteiger partial charge is 0.408 e. The number of carbonyl (C=O) groups is 4. The van der Waals surface area contributed by atoms with Gasteiger partial charge in [-0.05, 0) is 90.3 Å². The molecule has 2 aromatic rings. The van der Waals surface area contributed by atoms with Crippen LogP contribution in [0.4, 0.5) is 4.79 Å². The Bertz CT molecular complexity index is 1410. The lowest BCUT2D eigenvalue weighted by molar-refractivity contribution is -0.159. The van der Waals surface area contributed by atoms with Crippen molar-refractivity contribution in [3.8, 4) is 0 Å². The topological polar surface area (TPSA) is 114 Å². The fraction of sp³-hybridized carbons (Fsp3) is 0.579. The highest BCUT2D eigenvalue weighted by molar-refractivity contribution is 5.94. The molecule has 9 nitrogen and oxygen atoms in total. The summed E-state index contributed by atoms with van der Waals surface area (Å²) in [4.78, 5) is 57.7. The summed E-state index contributed by atoms with van der Waals surface area (Å²) >= 11 is 0. The molecule has 0 heterocycles. The molecule has 2 N–H and O–H groups in total. The van der Waals surface area contributed by atoms with E-state index in [0.717, 1.165) is 16.7 Å². The summed E-state index contributed by atoms with van der Waals surface area (Å²) < 4.78 is 11.3. The Morgan fingerprint density at radius 3 is 2.04 bits per heavy atom. The summed E-state index contributed by atoms with van der Waals surface area (Å²) in [6.07, 6.45) is 0.836. The zero-order chi connectivity index (χ0) is 35.3. The largest absolute Gasteiger partial charge is 0.458 e. The van der Waals surface area contributed by atoms with Crippen molar-refractivity contribution >= 4 is 23.9 Å². The summed E-state index contributed by atoms with van der Waals surface area (Å²) in [6, 6.07) is 12.0. The van der Waals surface area contributed by atoms with Gasteiger partial charge in [0.2, 0.25) is 11.8 Å². The van der Waals surface area contributed by atoms with Gasteiger partial charge in [-0.1, -0.05) is 81.3 Å². The maximum atomic E-state index is 14.8. The Kier molecular flexibility index (Phi) is 12.3. The SMILES string of the molecule is CCC(C)C(NC(=O)OC(C)(C)C)C(=O)N(C(C(=O)NC(Cc1ccccc1)C(=O)OC(C)(C)C)c1cc(C)ccc1C)C1CC1C. The predicted octanol–water partition coefficient (Wildman–Crippen LogP) is 6.59. The fourth-order valence-electron chi connectivity index (χ4n) is 5.59. The Hall–Kier alpha value is -3.88. The molecular formula is C38H55N3O6. The van der Waals surface area contributed by atoms with Crippen molar-refractivity contribution in [2.45, 2.75) is 131 Å². The van der Waals surface area contributed by atoms with Crippen molar-refractivity contribution in [3.05, 3.63) is 70.8 Å². The molecule has 6 atom stereocenters. The monoisotopic (exact) mass is 649 g/mol. The Morgan fingerprint density at radius 2 is 1.51 bits per heavy atom. The lowest BCUT2D eigenvalue weighted by Gasteiger charge is -2.37. The van der Waals surface area contributed by atoms with Crippen LogP contribution in [0.1, 0.15) is 103 Å². The van der Waals surface area contributed by atoms with Gasteiger partial charge in [0.15, 0.2) is 0 Å². The standard InChI is InChI=1S/C38H55N3O6/c1-12-24(3)31(40-36(45)47-38(9,10)11)34(43)41(30-21-26(30)5)32(28-20-23(2)18-19-25(28)4)33(42)39-29(35(44)46-37(6,7)8)22-27-16-14-13-15-17-27/h13-20,24,26,29-32H,12,21-22H2,1-11H3,(H,39,42)(H,40,45). The van der Waals surface area contributed by atoms with Gasteiger partial charge in [-0.2, -0.15) is 0 Å². The predicted molar refractivity (Wildman–Crippen MR) is 184 cm³/mol. The average Bonchev–Trinajstić information content (AvgIpc) is 3.68. The highest BCUT2D eigenvalue weighted by Gasteiger charge is 2.49. The van der Waals surface area contributed by atoms with Gasteiger partial charge in [0, 0.05) is 12.5 Å². The molecule has 0 aliphatic heterocycles. The molecule has 9 heteroatoms. The van der Waals surface area contributed by atoms with Crippen LogP contribution in [0.15, 0.2) is 48.5 Å². The van der Waals surface area contributed by atoms with Crippen LogP contribution in [-0.2, 0) is 30.3 Å². The molecule has 2 aromatic carbocycles. The van der Waals surface area contributed by atoms with Gasteiger partial charge in [0.25, 0.3) is 0 Å². The van der Waals surface area contributed by atoms with E-state index in [9.17, 15) is 19.2 Å². The van der Waals surface area contributed by atoms with E-state index in [2.05, 4.69) is 10.6 Å². The van der Waals surface area contributed by atoms with Crippen LogP contribution < -0.4 is 10.6 Å². The van der Waals surface area contributed by atoms with E-state index in [-0.39, 0.29) is 30.2 Å². The third kappa shape index (κ3) is 10.8. The fourth-order valence-corrected chi connectivity index (χ4v) is 5.59. The summed E-state index contributed by atoms with van der Waals surface area (Å²) in [7, 11) is 0. The van der Waals surface area contributed by atoms with E-state index in [1.54, 1.807) is 46.4 Å². The minimum atomic E-state index is -1.06. The normalized spacial score (nSPS) is 18.6. The first-order valence-corrected chi connectivity index (χ1v) is 16.8. The number of rotatable bonds is 12. The Balaban J connectivity index is 2.12. The van der Waals surface area contributed by atoms with E-state index in [0.29, 0.717) is 18.4 Å². The maximum absolute atomic E-state index is 14.8. The third-order valence-corrected chi connectivity index (χ3v) is 8.38. The molecule has 6 unspecified atom stereocenters. The second-order valence-electron chi connectivity index (χ2n) is 15.1. The summed E-state index contributed by atoms with van der Waals surface area (Å²) in [5.74, 6) is -1.52. The molecule has 0 aromatic heterocycles. The number of benzene rings is 2. The van der Waals surface area contributed by atoms with E-state index in [4.69, 9.17) is 9.47 Å². The number of alkyl carbamates (subject to hydrolysis) is 1. The molecule has 0 radical (unpaired) electrons. The maximum Gasteiger partial charge on any atom is 0.408 e. The number of nitrogens with one attached hydrogen (secondary N) is 2. The van der Waals surface area contributed by atoms with Crippen LogP contribution in [0.2, 0.25) is 0 Å². The molecule has 47 heavy (non-hydrogen) atoms. The van der Waals surface area contributed by atoms with Gasteiger partial charge in [-0.25, -0.2) is 9.59 Å². The molecule has 258 valence electrons. The second-order valence-corrected chi connectivity index (χ2v) is 15.1. The molecule has 1 aliphatic rings. The van der Waals surface area contributed by atoms with E-state index in [1.165, 1.54) is 0 Å². The van der Waals surface area contributed by atoms with Crippen LogP contribution in [0.5, 0.6) is 0 Å². The lowest BCUT2D eigenvalue weighted by Crippen LogP contribution is -2.57. The lowest BCUT2D eigenvalue weighted by atomic mass is 9.93. The van der Waals surface area contributed by atoms with Crippen molar-refractivity contribution in [2.24, 2.45) is 11.8 Å². The van der Waals surface area contributed by atoms with Crippen LogP contribution in [0, 0.1) is 25.7 Å². The van der Waals surface area contributed by atoms with Crippen molar-refractivity contribution in [1.29, 1.82) is 0 Å². The minimum absolute atomic E-state index is 0.143. The van der Waals surface area contributed by atoms with Gasteiger partial charge >= 0.3 is 12.1 Å². The number of hydrogen-bond acceptors (Lipinski definition) is 6. The number of nitrogens with zero attached hydrogens (tertiary/aromatic N) is 1. The van der Waals surface area contributed by atoms with E-state index < -0.39 is 47.3 Å². The first-order chi connectivity index (χ1) is 21.8. The number of esters is 1. The molecule has 3 amide bonds. The third-order valence-electron chi connectivity index (χ3n) is 8.38. The number of hydrogen-bond donors (Lipinski definition) is 2. The molecule has 0 bridgehead atoms. The Labute approximate surface area is 281 Å². The van der Waals surface area contributed by atoms with Crippen LogP contribution in [0.25, 0.3) is 0 Å². The second kappa shape index (κ2) is 15.3.